The Morgan fingerprint density at radius 3 is 1.68 bits per heavy atom. The summed E-state index contributed by atoms with van der Waals surface area (Å²) in [5.74, 6) is -21.3. The fourth-order valence-corrected chi connectivity index (χ4v) is 17.8. The van der Waals surface area contributed by atoms with Gasteiger partial charge in [0.2, 0.25) is 100 Å². The number of likely N-dealkylation sites (N-methyl/N-ethyl adjacent to an activating group) is 2. The fourth-order valence-electron chi connectivity index (χ4n) is 17.0. The maximum Gasteiger partial charge on any atom is 0.323 e. The molecule has 17 amide bonds. The smallest absolute Gasteiger partial charge is 0.323 e. The van der Waals surface area contributed by atoms with Crippen LogP contribution < -0.4 is 76.1 Å². The zero-order valence-electron chi connectivity index (χ0n) is 74.9. The Hall–Kier alpha value is -13.3. The van der Waals surface area contributed by atoms with Gasteiger partial charge in [-0.1, -0.05) is 88.1 Å². The van der Waals surface area contributed by atoms with E-state index in [0.29, 0.717) is 58.6 Å². The molecular formula is C88H121N21O24S. The van der Waals surface area contributed by atoms with E-state index in [2.05, 4.69) is 58.2 Å². The molecule has 0 saturated carbocycles. The Kier molecular flexibility index (Phi) is 38.5. The minimum Gasteiger partial charge on any atom is -0.508 e. The number of nitrogens with one attached hydrogen (secondary N) is 11. The van der Waals surface area contributed by atoms with Gasteiger partial charge in [-0.3, -0.25) is 91.1 Å². The number of amides is 17. The third-order valence-electron chi connectivity index (χ3n) is 24.1. The third kappa shape index (κ3) is 27.9. The van der Waals surface area contributed by atoms with Crippen molar-refractivity contribution in [3.8, 4) is 5.75 Å². The zero-order valence-corrected chi connectivity index (χ0v) is 75.8. The molecule has 45 nitrogen and oxygen atoms in total. The number of aromatic hydroxyl groups is 1. The van der Waals surface area contributed by atoms with Crippen molar-refractivity contribution in [2.24, 2.45) is 22.9 Å². The highest BCUT2D eigenvalue weighted by molar-refractivity contribution is 8.00. The number of aliphatic hydroxyl groups excluding tert-OH is 2. The topological polar surface area (TPSA) is 687 Å². The lowest BCUT2D eigenvalue weighted by Gasteiger charge is -2.38. The number of H-pyrrole nitrogens is 1. The molecule has 4 fully saturated rings. The summed E-state index contributed by atoms with van der Waals surface area (Å²) in [6.45, 7) is -1.16. The summed E-state index contributed by atoms with van der Waals surface area (Å²) in [6.07, 6.45) is -0.512. The Balaban J connectivity index is 1.10. The summed E-state index contributed by atoms with van der Waals surface area (Å²) in [5, 5.41) is 79.1. The van der Waals surface area contributed by atoms with E-state index in [1.165, 1.54) is 60.2 Å². The summed E-state index contributed by atoms with van der Waals surface area (Å²) >= 11 is 0.747. The standard InChI is InChI=1S/C88H121N21O24S/c1-5-7-19-65-80(125)100-61(38-90)78(123)103-63(75(120)94-40-71(92)114)45-134-46-72(115)95-57(32-47-24-26-50(111)27-25-47)86(131)107-30-14-13-22-66(107)81(126)99-59(36-70(91)113)87(132)108-31-15-23-67(108)82(127)101-60(37-89)77(122)96-55(28-29-73(116)117)85(130)109-42-51(112)35-69(109)83(128)97-56(33-48-39-93-54-18-11-9-16-52(48)54)76(121)102-62(44-110)79(124)98-58(84(129)105(4)68(20-8-6-2)88(133)104(65)3)34-49-41-106(43-74(118)119)64-21-12-10-17-53(49)64/h9-12,16-18,21,24-27,39,41,51,55-63,65-69,93,110-112H,5-8,13-15,19-20,22-23,28-38,40,42-46,89-90H2,1-4H3,(H2,91,113)(H2,92,114)(H,94,120)(H,95,115)(H,96,122)(H,97,128)(H,98,124)(H,99,126)(H,100,125)(H,101,127)(H,102,121)(H,103,123)(H,116,117)(H,118,119)/t51-,55+,56+,57-,58+,59+,60+,61+,62+,63+,65+,66+,67+,68+,69+/m1/s1. The lowest BCUT2D eigenvalue weighted by atomic mass is 9.97. The molecule has 46 heteroatoms. The van der Waals surface area contributed by atoms with Gasteiger partial charge in [0, 0.05) is 119 Å². The second kappa shape index (κ2) is 49.4. The average molecular weight is 1890 g/mol. The van der Waals surface area contributed by atoms with E-state index in [0.717, 1.165) is 31.4 Å². The van der Waals surface area contributed by atoms with Crippen LogP contribution in [-0.2, 0) is 117 Å². The molecule has 15 atom stereocenters. The van der Waals surface area contributed by atoms with Gasteiger partial charge in [-0.2, -0.15) is 0 Å². The number of rotatable bonds is 25. The van der Waals surface area contributed by atoms with Crippen LogP contribution in [0.25, 0.3) is 21.8 Å². The van der Waals surface area contributed by atoms with Crippen LogP contribution in [0.5, 0.6) is 5.75 Å². The number of hydrogen-bond donors (Lipinski definition) is 20. The molecule has 4 aliphatic heterocycles. The number of phenolic OH excluding ortho intramolecular Hbond substituents is 1. The monoisotopic (exact) mass is 1890 g/mol. The Labute approximate surface area is 774 Å². The summed E-state index contributed by atoms with van der Waals surface area (Å²) in [6, 6.07) is -4.38. The molecule has 4 aliphatic rings. The van der Waals surface area contributed by atoms with Crippen LogP contribution in [0.1, 0.15) is 127 Å². The van der Waals surface area contributed by atoms with E-state index in [9.17, 15) is 83.1 Å². The first-order chi connectivity index (χ1) is 63.9. The molecule has 0 unspecified atom stereocenters. The molecule has 9 rings (SSSR count). The van der Waals surface area contributed by atoms with Gasteiger partial charge in [0.1, 0.15) is 96.9 Å². The number of primary amides is 2. The number of nitrogens with two attached hydrogens (primary N) is 4. The van der Waals surface area contributed by atoms with Gasteiger partial charge in [0.15, 0.2) is 0 Å². The van der Waals surface area contributed by atoms with E-state index < -0.39 is 292 Å². The lowest BCUT2D eigenvalue weighted by Crippen LogP contribution is -2.62. The lowest BCUT2D eigenvalue weighted by molar-refractivity contribution is -0.149. The number of benzene rings is 3. The van der Waals surface area contributed by atoms with Crippen LogP contribution in [0.4, 0.5) is 0 Å². The van der Waals surface area contributed by atoms with Gasteiger partial charge < -0.3 is 136 Å². The number of nitrogens with zero attached hydrogens (tertiary/aromatic N) is 6. The van der Waals surface area contributed by atoms with Gasteiger partial charge in [0.05, 0.1) is 31.4 Å². The third-order valence-corrected chi connectivity index (χ3v) is 25.1. The number of carboxylic acid groups (broad SMARTS) is 2. The minimum atomic E-state index is -2.01. The van der Waals surface area contributed by atoms with Crippen molar-refractivity contribution in [3.63, 3.8) is 0 Å². The normalized spacial score (nSPS) is 25.3. The summed E-state index contributed by atoms with van der Waals surface area (Å²) < 4.78 is 1.38. The predicted molar refractivity (Wildman–Crippen MR) is 482 cm³/mol. The van der Waals surface area contributed by atoms with Crippen LogP contribution in [0.15, 0.2) is 85.2 Å². The van der Waals surface area contributed by atoms with Crippen molar-refractivity contribution in [1.29, 1.82) is 0 Å². The Morgan fingerprint density at radius 2 is 1.04 bits per heavy atom. The second-order valence-electron chi connectivity index (χ2n) is 33.7. The first-order valence-corrected chi connectivity index (χ1v) is 45.7. The van der Waals surface area contributed by atoms with Crippen LogP contribution in [0, 0.1) is 0 Å². The SMILES string of the molecule is CCCC[C@H]1C(=O)N(C)[C@@H](CCCC)C(=O)N[C@@H](CN)C(=O)N[C@H](C(=O)NCC(N)=O)CSCC(=O)N[C@H](Cc2ccc(O)cc2)C(=O)N2CCCC[C@H]2C(=O)N[C@@H](CC(N)=O)C(=O)N2CCC[C@H]2C(=O)N[C@@H](CN)C(=O)N[C@@H](CCC(=O)O)C(=O)N2C[C@H](O)C[C@H]2C(=O)N[C@@H](Cc2c[nH]c3ccccc23)C(=O)N[C@@H](CO)C(=O)N[C@@H](Cc2cn(CC(=O)O)c3ccccc23)C(=O)N1C. The zero-order chi connectivity index (χ0) is 97.9. The number of thioether (sulfide) groups is 1. The number of aliphatic carboxylic acids is 2. The average Bonchev–Trinajstić information content (AvgIpc) is 1.59. The first-order valence-electron chi connectivity index (χ1n) is 44.5. The summed E-state index contributed by atoms with van der Waals surface area (Å²) in [5.41, 5.74) is 25.5. The van der Waals surface area contributed by atoms with Crippen LogP contribution in [-0.4, -0.2) is 334 Å². The molecule has 4 saturated heterocycles. The number of aromatic nitrogens is 2. The molecular weight excluding hydrogens is 1770 g/mol. The number of aromatic amines is 1. The van der Waals surface area contributed by atoms with Crippen molar-refractivity contribution >= 4 is 146 Å². The van der Waals surface area contributed by atoms with Crippen LogP contribution in [0.3, 0.4) is 0 Å². The second-order valence-corrected chi connectivity index (χ2v) is 34.8. The molecule has 0 aliphatic carbocycles. The first kappa shape index (κ1) is 104. The van der Waals surface area contributed by atoms with E-state index in [4.69, 9.17) is 22.9 Å². The summed E-state index contributed by atoms with van der Waals surface area (Å²) in [4.78, 5) is 281. The van der Waals surface area contributed by atoms with Gasteiger partial charge in [-0.15, -0.1) is 11.8 Å². The number of carbonyl (C=O) groups excluding carboxylic acids is 17. The van der Waals surface area contributed by atoms with Crippen LogP contribution in [0.2, 0.25) is 0 Å². The number of unbranched alkanes of at least 4 members (excludes halogenated alkanes) is 2. The number of phenols is 1. The Morgan fingerprint density at radius 1 is 0.515 bits per heavy atom. The van der Waals surface area contributed by atoms with E-state index in [-0.39, 0.29) is 75.8 Å². The number of fused-ring (bicyclic) bond motifs is 5. The molecule has 0 radical (unpaired) electrons. The van der Waals surface area contributed by atoms with Crippen LogP contribution >= 0.6 is 11.8 Å². The highest BCUT2D eigenvalue weighted by atomic mass is 32.2. The number of para-hydroxylation sites is 2. The number of hydrogen-bond acceptors (Lipinski definition) is 25. The fraction of sp³-hybridized carbons (Fsp3) is 0.534. The maximum absolute atomic E-state index is 15.8. The van der Waals surface area contributed by atoms with Crippen molar-refractivity contribution < 1.29 is 117 Å². The summed E-state index contributed by atoms with van der Waals surface area (Å²) in [7, 11) is 2.55. The minimum absolute atomic E-state index is 0.0288. The molecule has 3 aromatic carbocycles. The Bertz CT molecular complexity index is 5130. The van der Waals surface area contributed by atoms with Gasteiger partial charge in [-0.05, 0) is 92.3 Å². The number of carboxylic acids is 2. The van der Waals surface area contributed by atoms with Gasteiger partial charge >= 0.3 is 11.9 Å². The van der Waals surface area contributed by atoms with E-state index in [1.54, 1.807) is 62.4 Å². The molecule has 0 spiro atoms. The van der Waals surface area contributed by atoms with Crippen molar-refractivity contribution in [1.82, 2.24) is 87.2 Å². The van der Waals surface area contributed by atoms with Crippen molar-refractivity contribution in [2.75, 3.05) is 71.5 Å². The van der Waals surface area contributed by atoms with Crippen molar-refractivity contribution in [2.45, 2.75) is 227 Å². The molecule has 2 aromatic heterocycles. The van der Waals surface area contributed by atoms with E-state index in [1.807, 2.05) is 0 Å². The largest absolute Gasteiger partial charge is 0.508 e. The maximum atomic E-state index is 15.8. The molecule has 5 aromatic rings. The van der Waals surface area contributed by atoms with Crippen molar-refractivity contribution in [3.05, 3.63) is 102 Å². The number of carbonyl (C=O) groups is 19. The predicted octanol–water partition coefficient (Wildman–Crippen LogP) is -5.33. The quantitative estimate of drug-likeness (QED) is 0.0259. The van der Waals surface area contributed by atoms with Gasteiger partial charge in [-0.25, -0.2) is 0 Å². The number of aliphatic hydroxyl groups is 2. The molecule has 0 bridgehead atoms. The highest BCUT2D eigenvalue weighted by Crippen LogP contribution is 2.29. The van der Waals surface area contributed by atoms with E-state index >= 15 is 33.6 Å². The molecule has 134 heavy (non-hydrogen) atoms. The highest BCUT2D eigenvalue weighted by Gasteiger charge is 2.47. The van der Waals surface area contributed by atoms with Gasteiger partial charge in [0.25, 0.3) is 0 Å². The number of piperidine rings is 1. The molecule has 24 N–H and O–H groups in total. The molecule has 6 heterocycles. The molecule has 728 valence electrons.